The summed E-state index contributed by atoms with van der Waals surface area (Å²) in [4.78, 5) is 0. The highest BCUT2D eigenvalue weighted by molar-refractivity contribution is 7.91. The molecular weight excluding hydrogens is 270 g/mol. The minimum Gasteiger partial charge on any atom is -0.314 e. The van der Waals surface area contributed by atoms with Gasteiger partial charge in [-0.3, -0.25) is 0 Å². The van der Waals surface area contributed by atoms with Crippen molar-refractivity contribution < 1.29 is 8.42 Å². The van der Waals surface area contributed by atoms with Gasteiger partial charge in [0.25, 0.3) is 0 Å². The Balaban J connectivity index is 2.07. The highest BCUT2D eigenvalue weighted by Crippen LogP contribution is 2.23. The van der Waals surface area contributed by atoms with E-state index in [1.807, 2.05) is 0 Å². The first kappa shape index (κ1) is 18.0. The molecule has 120 valence electrons. The van der Waals surface area contributed by atoms with Gasteiger partial charge in [0.05, 0.1) is 5.25 Å². The number of rotatable bonds is 9. The number of hydrogen-bond donors (Lipinski definition) is 1. The molecule has 0 aromatic rings. The van der Waals surface area contributed by atoms with E-state index in [1.54, 1.807) is 0 Å². The van der Waals surface area contributed by atoms with Crippen molar-refractivity contribution in [1.29, 1.82) is 0 Å². The molecule has 20 heavy (non-hydrogen) atoms. The molecule has 0 saturated heterocycles. The van der Waals surface area contributed by atoms with Crippen molar-refractivity contribution in [3.63, 3.8) is 0 Å². The zero-order valence-corrected chi connectivity index (χ0v) is 14.3. The van der Waals surface area contributed by atoms with Crippen LogP contribution in [0, 0.1) is 5.92 Å². The van der Waals surface area contributed by atoms with Crippen LogP contribution in [0.15, 0.2) is 0 Å². The van der Waals surface area contributed by atoms with E-state index in [0.29, 0.717) is 6.04 Å². The maximum atomic E-state index is 11.6. The van der Waals surface area contributed by atoms with Crippen molar-refractivity contribution in [2.45, 2.75) is 82.9 Å². The maximum absolute atomic E-state index is 11.6. The Hall–Kier alpha value is -0.0900. The fourth-order valence-electron chi connectivity index (χ4n) is 3.06. The van der Waals surface area contributed by atoms with Crippen molar-refractivity contribution in [3.8, 4) is 0 Å². The van der Waals surface area contributed by atoms with Gasteiger partial charge in [-0.25, -0.2) is 8.42 Å². The van der Waals surface area contributed by atoms with Gasteiger partial charge in [0.2, 0.25) is 0 Å². The highest BCUT2D eigenvalue weighted by Gasteiger charge is 2.28. The lowest BCUT2D eigenvalue weighted by Gasteiger charge is -2.28. The summed E-state index contributed by atoms with van der Waals surface area (Å²) < 4.78 is 23.2. The standard InChI is InChI=1S/C16H33NO2S/c1-14(2)9-6-4-5-7-12-17-15-10-8-11-16(13-15)20(3,18)19/h14-17H,4-13H2,1-3H3. The van der Waals surface area contributed by atoms with E-state index < -0.39 is 9.84 Å². The lowest BCUT2D eigenvalue weighted by Crippen LogP contribution is -2.39. The third-order valence-corrected chi connectivity index (χ3v) is 6.01. The molecule has 0 aliphatic heterocycles. The molecule has 0 amide bonds. The van der Waals surface area contributed by atoms with Crippen LogP contribution < -0.4 is 5.32 Å². The Labute approximate surface area is 125 Å². The summed E-state index contributed by atoms with van der Waals surface area (Å²) in [5, 5.41) is 3.45. The second-order valence-corrected chi connectivity index (χ2v) is 9.19. The molecule has 3 nitrogen and oxygen atoms in total. The Morgan fingerprint density at radius 1 is 1.10 bits per heavy atom. The van der Waals surface area contributed by atoms with Crippen molar-refractivity contribution >= 4 is 9.84 Å². The van der Waals surface area contributed by atoms with E-state index in [4.69, 9.17) is 0 Å². The van der Waals surface area contributed by atoms with E-state index in [1.165, 1.54) is 38.4 Å². The molecular formula is C16H33NO2S. The van der Waals surface area contributed by atoms with Crippen LogP contribution in [0.3, 0.4) is 0 Å². The molecule has 2 unspecified atom stereocenters. The summed E-state index contributed by atoms with van der Waals surface area (Å²) in [5.74, 6) is 0.822. The average Bonchev–Trinajstić information content (AvgIpc) is 2.36. The Morgan fingerprint density at radius 3 is 2.45 bits per heavy atom. The number of nitrogens with one attached hydrogen (secondary N) is 1. The van der Waals surface area contributed by atoms with Gasteiger partial charge in [0, 0.05) is 12.3 Å². The van der Waals surface area contributed by atoms with Crippen molar-refractivity contribution in [3.05, 3.63) is 0 Å². The minimum atomic E-state index is -2.85. The molecule has 0 radical (unpaired) electrons. The molecule has 2 atom stereocenters. The summed E-state index contributed by atoms with van der Waals surface area (Å²) in [7, 11) is -2.85. The summed E-state index contributed by atoms with van der Waals surface area (Å²) in [5.41, 5.74) is 0. The zero-order valence-electron chi connectivity index (χ0n) is 13.5. The van der Waals surface area contributed by atoms with E-state index in [-0.39, 0.29) is 5.25 Å². The van der Waals surface area contributed by atoms with Gasteiger partial charge < -0.3 is 5.32 Å². The number of unbranched alkanes of at least 4 members (excludes halogenated alkanes) is 3. The molecule has 1 fully saturated rings. The SMILES string of the molecule is CC(C)CCCCCCNC1CCCC(S(C)(=O)=O)C1. The predicted molar refractivity (Wildman–Crippen MR) is 86.8 cm³/mol. The summed E-state index contributed by atoms with van der Waals surface area (Å²) in [6.45, 7) is 5.61. The molecule has 4 heteroatoms. The van der Waals surface area contributed by atoms with Crippen molar-refractivity contribution in [2.75, 3.05) is 12.8 Å². The second kappa shape index (κ2) is 9.04. The molecule has 0 aromatic carbocycles. The summed E-state index contributed by atoms with van der Waals surface area (Å²) >= 11 is 0. The smallest absolute Gasteiger partial charge is 0.150 e. The molecule has 0 aromatic heterocycles. The quantitative estimate of drug-likeness (QED) is 0.663. The maximum Gasteiger partial charge on any atom is 0.150 e. The van der Waals surface area contributed by atoms with Crippen molar-refractivity contribution in [1.82, 2.24) is 5.32 Å². The lowest BCUT2D eigenvalue weighted by atomic mass is 9.95. The van der Waals surface area contributed by atoms with Crippen LogP contribution in [0.25, 0.3) is 0 Å². The summed E-state index contributed by atoms with van der Waals surface area (Å²) in [6, 6.07) is 0.416. The normalized spacial score (nSPS) is 24.2. The largest absolute Gasteiger partial charge is 0.314 e. The van der Waals surface area contributed by atoms with Crippen LogP contribution in [-0.2, 0) is 9.84 Å². The molecule has 0 spiro atoms. The monoisotopic (exact) mass is 303 g/mol. The molecule has 1 aliphatic rings. The number of hydrogen-bond acceptors (Lipinski definition) is 3. The van der Waals surface area contributed by atoms with Gasteiger partial charge in [-0.2, -0.15) is 0 Å². The molecule has 0 heterocycles. The van der Waals surface area contributed by atoms with Gasteiger partial charge in [-0.15, -0.1) is 0 Å². The molecule has 1 aliphatic carbocycles. The molecule has 1 N–H and O–H groups in total. The number of sulfone groups is 1. The molecule has 1 rings (SSSR count). The third kappa shape index (κ3) is 7.63. The first-order valence-corrected chi connectivity index (χ1v) is 10.3. The van der Waals surface area contributed by atoms with Gasteiger partial charge in [0.1, 0.15) is 9.84 Å². The predicted octanol–water partition coefficient (Wildman–Crippen LogP) is 3.54. The van der Waals surface area contributed by atoms with E-state index in [9.17, 15) is 8.42 Å². The Morgan fingerprint density at radius 2 is 1.80 bits per heavy atom. The highest BCUT2D eigenvalue weighted by atomic mass is 32.2. The Kier molecular flexibility index (Phi) is 8.11. The summed E-state index contributed by atoms with van der Waals surface area (Å²) in [6.07, 6.45) is 11.8. The lowest BCUT2D eigenvalue weighted by molar-refractivity contribution is 0.368. The average molecular weight is 304 g/mol. The van der Waals surface area contributed by atoms with Crippen LogP contribution in [0.2, 0.25) is 0 Å². The fourth-order valence-corrected chi connectivity index (χ4v) is 4.23. The van der Waals surface area contributed by atoms with Gasteiger partial charge in [0.15, 0.2) is 0 Å². The molecule has 1 saturated carbocycles. The second-order valence-electron chi connectivity index (χ2n) is 6.87. The minimum absolute atomic E-state index is 0.111. The third-order valence-electron chi connectivity index (χ3n) is 4.37. The van der Waals surface area contributed by atoms with Crippen molar-refractivity contribution in [2.24, 2.45) is 5.92 Å². The Bertz CT molecular complexity index is 351. The first-order valence-electron chi connectivity index (χ1n) is 8.32. The topological polar surface area (TPSA) is 46.2 Å². The van der Waals surface area contributed by atoms with Crippen LogP contribution >= 0.6 is 0 Å². The van der Waals surface area contributed by atoms with E-state index in [0.717, 1.165) is 38.1 Å². The first-order chi connectivity index (χ1) is 9.39. The van der Waals surface area contributed by atoms with Crippen LogP contribution in [0.4, 0.5) is 0 Å². The molecule has 0 bridgehead atoms. The van der Waals surface area contributed by atoms with E-state index in [2.05, 4.69) is 19.2 Å². The van der Waals surface area contributed by atoms with Crippen LogP contribution in [0.1, 0.15) is 71.6 Å². The van der Waals surface area contributed by atoms with E-state index >= 15 is 0 Å². The zero-order chi connectivity index (χ0) is 15.0. The van der Waals surface area contributed by atoms with Gasteiger partial charge in [-0.05, 0) is 38.1 Å². The van der Waals surface area contributed by atoms with Gasteiger partial charge >= 0.3 is 0 Å². The van der Waals surface area contributed by atoms with Gasteiger partial charge in [-0.1, -0.05) is 46.0 Å². The fraction of sp³-hybridized carbons (Fsp3) is 1.00. The van der Waals surface area contributed by atoms with Crippen LogP contribution in [0.5, 0.6) is 0 Å². The van der Waals surface area contributed by atoms with Crippen LogP contribution in [-0.4, -0.2) is 32.5 Å².